The summed E-state index contributed by atoms with van der Waals surface area (Å²) in [5, 5.41) is 14.6. The van der Waals surface area contributed by atoms with E-state index in [9.17, 15) is 24.4 Å². The highest BCUT2D eigenvalue weighted by Gasteiger charge is 2.38. The third kappa shape index (κ3) is 8.59. The van der Waals surface area contributed by atoms with Crippen LogP contribution in [0.3, 0.4) is 0 Å². The van der Waals surface area contributed by atoms with Gasteiger partial charge in [0.15, 0.2) is 0 Å². The summed E-state index contributed by atoms with van der Waals surface area (Å²) in [6.07, 6.45) is -0.792. The number of esters is 1. The lowest BCUT2D eigenvalue weighted by Gasteiger charge is -2.34. The molecule has 0 bridgehead atoms. The third-order valence-electron chi connectivity index (χ3n) is 5.26. The Morgan fingerprint density at radius 2 is 1.77 bits per heavy atom. The molecule has 192 valence electrons. The van der Waals surface area contributed by atoms with Crippen LogP contribution >= 0.6 is 0 Å². The number of nitriles is 1. The monoisotopic (exact) mass is 488 g/mol. The third-order valence-corrected chi connectivity index (χ3v) is 5.26. The van der Waals surface area contributed by atoms with Gasteiger partial charge in [-0.15, -0.1) is 0 Å². The minimum Gasteiger partial charge on any atom is -0.468 e. The number of hydrogen-bond donors (Lipinski definition) is 2. The van der Waals surface area contributed by atoms with Crippen LogP contribution in [0.5, 0.6) is 0 Å². The topological polar surface area (TPSA) is 138 Å². The molecule has 0 radical (unpaired) electrons. The zero-order chi connectivity index (χ0) is 26.9. The first-order valence-corrected chi connectivity index (χ1v) is 11.3. The molecule has 2 atom stereocenters. The zero-order valence-corrected chi connectivity index (χ0v) is 21.7. The van der Waals surface area contributed by atoms with E-state index in [-0.39, 0.29) is 5.92 Å². The molecule has 10 nitrogen and oxygen atoms in total. The number of methoxy groups -OCH3 is 1. The Morgan fingerprint density at radius 3 is 2.29 bits per heavy atom. The van der Waals surface area contributed by atoms with E-state index in [0.717, 1.165) is 16.0 Å². The minimum atomic E-state index is -1.23. The van der Waals surface area contributed by atoms with Gasteiger partial charge >= 0.3 is 12.1 Å². The molecule has 0 aliphatic heterocycles. The van der Waals surface area contributed by atoms with Crippen LogP contribution in [-0.4, -0.2) is 60.6 Å². The number of aryl methyl sites for hydroxylation is 1. The Hall–Kier alpha value is -3.61. The summed E-state index contributed by atoms with van der Waals surface area (Å²) in [6.45, 7) is 11.4. The van der Waals surface area contributed by atoms with Crippen LogP contribution in [0.15, 0.2) is 18.2 Å². The summed E-state index contributed by atoms with van der Waals surface area (Å²) < 4.78 is 9.89. The molecule has 0 aliphatic carbocycles. The van der Waals surface area contributed by atoms with Crippen LogP contribution in [-0.2, 0) is 23.9 Å². The molecule has 0 heterocycles. The number of benzene rings is 1. The number of alkyl carbamates (subject to hydrolysis) is 1. The molecule has 0 saturated carbocycles. The van der Waals surface area contributed by atoms with Gasteiger partial charge in [-0.1, -0.05) is 32.0 Å². The van der Waals surface area contributed by atoms with Gasteiger partial charge in [0.25, 0.3) is 0 Å². The molecule has 2 unspecified atom stereocenters. The smallest absolute Gasteiger partial charge is 0.408 e. The lowest BCUT2D eigenvalue weighted by Crippen LogP contribution is -2.55. The van der Waals surface area contributed by atoms with Gasteiger partial charge in [0.2, 0.25) is 11.8 Å². The van der Waals surface area contributed by atoms with E-state index in [1.54, 1.807) is 53.7 Å². The van der Waals surface area contributed by atoms with Gasteiger partial charge < -0.3 is 25.0 Å². The molecule has 1 rings (SSSR count). The molecule has 1 aromatic carbocycles. The van der Waals surface area contributed by atoms with Gasteiger partial charge in [-0.05, 0) is 57.2 Å². The average Bonchev–Trinajstić information content (AvgIpc) is 2.76. The summed E-state index contributed by atoms with van der Waals surface area (Å²) in [7, 11) is 1.19. The lowest BCUT2D eigenvalue weighted by atomic mass is 9.94. The maximum absolute atomic E-state index is 13.7. The molecule has 0 spiro atoms. The van der Waals surface area contributed by atoms with Crippen molar-refractivity contribution in [2.24, 2.45) is 5.92 Å². The molecular weight excluding hydrogens is 452 g/mol. The number of rotatable bonds is 9. The predicted molar refractivity (Wildman–Crippen MR) is 129 cm³/mol. The fraction of sp³-hybridized carbons (Fsp3) is 0.560. The Labute approximate surface area is 206 Å². The molecule has 3 amide bonds. The number of nitrogens with zero attached hydrogens (tertiary/aromatic N) is 2. The maximum atomic E-state index is 13.7. The standard InChI is InChI=1S/C25H36N4O6/c1-15(2)20(28-24(33)35-25(5,6)7)23(32)29(13-12-26)21(22(31)27-14-19(30)34-8)18-11-9-10-16(3)17(18)4/h9-11,15,20-21H,13-14H2,1-8H3,(H,27,31)(H,28,33). The van der Waals surface area contributed by atoms with Gasteiger partial charge in [0.05, 0.1) is 13.2 Å². The summed E-state index contributed by atoms with van der Waals surface area (Å²) in [5.41, 5.74) is 1.35. The minimum absolute atomic E-state index is 0.381. The quantitative estimate of drug-likeness (QED) is 0.402. The number of carbonyl (C=O) groups excluding carboxylic acids is 4. The summed E-state index contributed by atoms with van der Waals surface area (Å²) >= 11 is 0. The van der Waals surface area contributed by atoms with E-state index in [1.807, 2.05) is 19.1 Å². The first-order chi connectivity index (χ1) is 16.2. The Balaban J connectivity index is 3.49. The van der Waals surface area contributed by atoms with Crippen LogP contribution in [0.25, 0.3) is 0 Å². The second-order valence-electron chi connectivity index (χ2n) is 9.48. The SMILES string of the molecule is COC(=O)CNC(=O)C(c1cccc(C)c1C)N(CC#N)C(=O)C(NC(=O)OC(C)(C)C)C(C)C. The van der Waals surface area contributed by atoms with E-state index < -0.39 is 54.7 Å². The van der Waals surface area contributed by atoms with Gasteiger partial charge in [-0.25, -0.2) is 4.79 Å². The van der Waals surface area contributed by atoms with Gasteiger partial charge in [-0.2, -0.15) is 5.26 Å². The maximum Gasteiger partial charge on any atom is 0.408 e. The van der Waals surface area contributed by atoms with Crippen LogP contribution in [0, 0.1) is 31.1 Å². The van der Waals surface area contributed by atoms with Crippen molar-refractivity contribution in [3.63, 3.8) is 0 Å². The van der Waals surface area contributed by atoms with E-state index in [4.69, 9.17) is 4.74 Å². The summed E-state index contributed by atoms with van der Waals surface area (Å²) in [4.78, 5) is 52.2. The number of hydrogen-bond acceptors (Lipinski definition) is 7. The van der Waals surface area contributed by atoms with E-state index >= 15 is 0 Å². The molecule has 2 N–H and O–H groups in total. The van der Waals surface area contributed by atoms with Crippen LogP contribution < -0.4 is 10.6 Å². The molecule has 0 aliphatic rings. The normalized spacial score (nSPS) is 12.7. The molecule has 35 heavy (non-hydrogen) atoms. The first-order valence-electron chi connectivity index (χ1n) is 11.3. The molecule has 10 heteroatoms. The van der Waals surface area contributed by atoms with Crippen LogP contribution in [0.2, 0.25) is 0 Å². The highest BCUT2D eigenvalue weighted by atomic mass is 16.6. The molecule has 1 aromatic rings. The van der Waals surface area contributed by atoms with Crippen molar-refractivity contribution in [2.45, 2.75) is 66.2 Å². The van der Waals surface area contributed by atoms with Crippen LogP contribution in [0.1, 0.15) is 57.4 Å². The fourth-order valence-electron chi connectivity index (χ4n) is 3.35. The van der Waals surface area contributed by atoms with Crippen molar-refractivity contribution in [3.05, 3.63) is 34.9 Å². The Bertz CT molecular complexity index is 977. The summed E-state index contributed by atoms with van der Waals surface area (Å²) in [6, 6.07) is 4.93. The molecule has 0 fully saturated rings. The van der Waals surface area contributed by atoms with Crippen molar-refractivity contribution in [2.75, 3.05) is 20.2 Å². The highest BCUT2D eigenvalue weighted by molar-refractivity contribution is 5.93. The van der Waals surface area contributed by atoms with Crippen molar-refractivity contribution < 1.29 is 28.7 Å². The second-order valence-corrected chi connectivity index (χ2v) is 9.48. The highest BCUT2D eigenvalue weighted by Crippen LogP contribution is 2.28. The van der Waals surface area contributed by atoms with E-state index in [0.29, 0.717) is 5.56 Å². The van der Waals surface area contributed by atoms with Crippen LogP contribution in [0.4, 0.5) is 4.79 Å². The molecular formula is C25H36N4O6. The lowest BCUT2D eigenvalue weighted by molar-refractivity contribution is -0.144. The number of ether oxygens (including phenoxy) is 2. The van der Waals surface area contributed by atoms with Gasteiger partial charge in [0.1, 0.15) is 30.8 Å². The van der Waals surface area contributed by atoms with Gasteiger partial charge in [0, 0.05) is 0 Å². The Kier molecular flexibility index (Phi) is 10.7. The van der Waals surface area contributed by atoms with Crippen molar-refractivity contribution >= 4 is 23.9 Å². The number of nitrogens with one attached hydrogen (secondary N) is 2. The fourth-order valence-corrected chi connectivity index (χ4v) is 3.35. The van der Waals surface area contributed by atoms with Crippen molar-refractivity contribution in [1.82, 2.24) is 15.5 Å². The van der Waals surface area contributed by atoms with Crippen molar-refractivity contribution in [1.29, 1.82) is 5.26 Å². The largest absolute Gasteiger partial charge is 0.468 e. The van der Waals surface area contributed by atoms with Crippen molar-refractivity contribution in [3.8, 4) is 6.07 Å². The van der Waals surface area contributed by atoms with Gasteiger partial charge in [-0.3, -0.25) is 14.4 Å². The zero-order valence-electron chi connectivity index (χ0n) is 21.7. The first kappa shape index (κ1) is 29.4. The second kappa shape index (κ2) is 12.7. The average molecular weight is 489 g/mol. The molecule has 0 aromatic heterocycles. The number of carbonyl (C=O) groups is 4. The molecule has 0 saturated heterocycles. The Morgan fingerprint density at radius 1 is 1.14 bits per heavy atom. The predicted octanol–water partition coefficient (Wildman–Crippen LogP) is 2.54. The van der Waals surface area contributed by atoms with E-state index in [2.05, 4.69) is 15.4 Å². The number of amides is 3. The summed E-state index contributed by atoms with van der Waals surface area (Å²) in [5.74, 6) is -2.34. The van der Waals surface area contributed by atoms with E-state index in [1.165, 1.54) is 7.11 Å².